The molecule has 0 amide bonds. The number of oxime groups is 1. The Kier molecular flexibility index (Phi) is 4.99. The summed E-state index contributed by atoms with van der Waals surface area (Å²) in [4.78, 5) is 0. The average molecular weight is 103 g/mol. The SMILES string of the molecule is OCCC/C=N/O. The predicted octanol–water partition coefficient (Wildman–Crippen LogP) is 0.219. The molecule has 0 saturated heterocycles. The molecule has 3 heteroatoms. The van der Waals surface area contributed by atoms with E-state index >= 15 is 0 Å². The third-order valence-corrected chi connectivity index (χ3v) is 0.573. The average Bonchev–Trinajstić information content (AvgIpc) is 1.69. The van der Waals surface area contributed by atoms with Crippen LogP contribution >= 0.6 is 0 Å². The van der Waals surface area contributed by atoms with Gasteiger partial charge in [0.2, 0.25) is 0 Å². The first kappa shape index (κ1) is 6.43. The molecule has 0 spiro atoms. The van der Waals surface area contributed by atoms with E-state index in [9.17, 15) is 0 Å². The summed E-state index contributed by atoms with van der Waals surface area (Å²) in [7, 11) is 0. The van der Waals surface area contributed by atoms with Gasteiger partial charge in [0, 0.05) is 12.8 Å². The zero-order valence-electron chi connectivity index (χ0n) is 4.04. The van der Waals surface area contributed by atoms with E-state index in [1.807, 2.05) is 0 Å². The molecule has 0 rings (SSSR count). The van der Waals surface area contributed by atoms with Gasteiger partial charge in [0.1, 0.15) is 0 Å². The molecule has 0 aromatic rings. The van der Waals surface area contributed by atoms with E-state index in [0.29, 0.717) is 12.8 Å². The zero-order chi connectivity index (χ0) is 5.54. The second-order valence-corrected chi connectivity index (χ2v) is 1.16. The van der Waals surface area contributed by atoms with Crippen molar-refractivity contribution in [2.45, 2.75) is 12.8 Å². The maximum atomic E-state index is 8.15. The van der Waals surface area contributed by atoms with Gasteiger partial charge in [-0.3, -0.25) is 0 Å². The standard InChI is InChI=1S/C4H9NO2/c6-4-2-1-3-5-7/h3,6-7H,1-2,4H2/b5-3+. The van der Waals surface area contributed by atoms with Gasteiger partial charge in [-0.05, 0) is 12.8 Å². The summed E-state index contributed by atoms with van der Waals surface area (Å²) in [5, 5.41) is 18.7. The van der Waals surface area contributed by atoms with Gasteiger partial charge in [-0.15, -0.1) is 5.16 Å². The van der Waals surface area contributed by atoms with Crippen molar-refractivity contribution in [3.63, 3.8) is 0 Å². The highest BCUT2D eigenvalue weighted by Crippen LogP contribution is 1.79. The van der Waals surface area contributed by atoms with Crippen molar-refractivity contribution in [1.29, 1.82) is 0 Å². The third kappa shape index (κ3) is 5.43. The monoisotopic (exact) mass is 103 g/mol. The van der Waals surface area contributed by atoms with E-state index in [1.165, 1.54) is 6.21 Å². The highest BCUT2D eigenvalue weighted by molar-refractivity contribution is 5.55. The molecule has 0 aliphatic heterocycles. The molecule has 42 valence electrons. The van der Waals surface area contributed by atoms with Crippen molar-refractivity contribution in [1.82, 2.24) is 0 Å². The largest absolute Gasteiger partial charge is 0.411 e. The van der Waals surface area contributed by atoms with E-state index < -0.39 is 0 Å². The highest BCUT2D eigenvalue weighted by Gasteiger charge is 1.76. The first-order valence-electron chi connectivity index (χ1n) is 2.18. The Bertz CT molecular complexity index is 53.7. The molecule has 0 bridgehead atoms. The molecule has 0 aliphatic carbocycles. The van der Waals surface area contributed by atoms with Gasteiger partial charge in [0.25, 0.3) is 0 Å². The molecule has 0 fully saturated rings. The summed E-state index contributed by atoms with van der Waals surface area (Å²) in [5.74, 6) is 0. The fourth-order valence-electron chi connectivity index (χ4n) is 0.240. The first-order chi connectivity index (χ1) is 3.41. The van der Waals surface area contributed by atoms with E-state index in [1.54, 1.807) is 0 Å². The highest BCUT2D eigenvalue weighted by atomic mass is 16.4. The summed E-state index contributed by atoms with van der Waals surface area (Å²) in [6, 6.07) is 0. The van der Waals surface area contributed by atoms with Crippen molar-refractivity contribution in [2.75, 3.05) is 6.61 Å². The Morgan fingerprint density at radius 1 is 1.57 bits per heavy atom. The van der Waals surface area contributed by atoms with Crippen molar-refractivity contribution >= 4 is 6.21 Å². The molecule has 0 atom stereocenters. The van der Waals surface area contributed by atoms with E-state index in [2.05, 4.69) is 5.16 Å². The van der Waals surface area contributed by atoms with E-state index in [0.717, 1.165) is 0 Å². The topological polar surface area (TPSA) is 52.8 Å². The van der Waals surface area contributed by atoms with Crippen LogP contribution in [-0.2, 0) is 0 Å². The molecule has 0 aliphatic rings. The lowest BCUT2D eigenvalue weighted by atomic mass is 10.3. The third-order valence-electron chi connectivity index (χ3n) is 0.573. The Labute approximate surface area is 42.3 Å². The second-order valence-electron chi connectivity index (χ2n) is 1.16. The molecule has 0 aromatic carbocycles. The molecular weight excluding hydrogens is 94.0 g/mol. The van der Waals surface area contributed by atoms with E-state index in [-0.39, 0.29) is 6.61 Å². The molecule has 0 aromatic heterocycles. The van der Waals surface area contributed by atoms with Crippen LogP contribution in [0.4, 0.5) is 0 Å². The number of hydrogen-bond acceptors (Lipinski definition) is 3. The summed E-state index contributed by atoms with van der Waals surface area (Å²) < 4.78 is 0. The number of unbranched alkanes of at least 4 members (excludes halogenated alkanes) is 1. The molecule has 0 saturated carbocycles. The van der Waals surface area contributed by atoms with Gasteiger partial charge in [-0.25, -0.2) is 0 Å². The fraction of sp³-hybridized carbons (Fsp3) is 0.750. The van der Waals surface area contributed by atoms with Crippen LogP contribution in [0.15, 0.2) is 5.16 Å². The minimum atomic E-state index is 0.159. The molecule has 0 radical (unpaired) electrons. The van der Waals surface area contributed by atoms with Crippen molar-refractivity contribution in [2.24, 2.45) is 5.16 Å². The summed E-state index contributed by atoms with van der Waals surface area (Å²) in [6.07, 6.45) is 2.67. The number of aliphatic hydroxyl groups is 1. The number of aliphatic hydroxyl groups excluding tert-OH is 1. The Morgan fingerprint density at radius 3 is 2.71 bits per heavy atom. The lowest BCUT2D eigenvalue weighted by molar-refractivity contribution is 0.289. The first-order valence-corrected chi connectivity index (χ1v) is 2.18. The van der Waals surface area contributed by atoms with Crippen molar-refractivity contribution < 1.29 is 10.3 Å². The van der Waals surface area contributed by atoms with Crippen LogP contribution in [0.25, 0.3) is 0 Å². The van der Waals surface area contributed by atoms with Gasteiger partial charge in [-0.2, -0.15) is 0 Å². The predicted molar refractivity (Wildman–Crippen MR) is 26.6 cm³/mol. The maximum Gasteiger partial charge on any atom is 0.0436 e. The Morgan fingerprint density at radius 2 is 2.29 bits per heavy atom. The summed E-state index contributed by atoms with van der Waals surface area (Å²) in [5.41, 5.74) is 0. The maximum absolute atomic E-state index is 8.15. The van der Waals surface area contributed by atoms with Crippen molar-refractivity contribution in [3.8, 4) is 0 Å². The van der Waals surface area contributed by atoms with Gasteiger partial charge in [0.05, 0.1) is 0 Å². The smallest absolute Gasteiger partial charge is 0.0436 e. The second kappa shape index (κ2) is 5.43. The normalized spacial score (nSPS) is 10.4. The van der Waals surface area contributed by atoms with Crippen LogP contribution in [-0.4, -0.2) is 23.1 Å². The van der Waals surface area contributed by atoms with Crippen LogP contribution in [0.3, 0.4) is 0 Å². The van der Waals surface area contributed by atoms with Crippen LogP contribution in [0, 0.1) is 0 Å². The zero-order valence-corrected chi connectivity index (χ0v) is 4.04. The summed E-state index contributed by atoms with van der Waals surface area (Å²) in [6.45, 7) is 0.159. The number of rotatable bonds is 3. The Hall–Kier alpha value is -0.570. The van der Waals surface area contributed by atoms with Gasteiger partial charge >= 0.3 is 0 Å². The molecule has 0 heterocycles. The van der Waals surface area contributed by atoms with Crippen LogP contribution in [0.1, 0.15) is 12.8 Å². The molecule has 3 nitrogen and oxygen atoms in total. The summed E-state index contributed by atoms with van der Waals surface area (Å²) >= 11 is 0. The quantitative estimate of drug-likeness (QED) is 0.232. The molecule has 2 N–H and O–H groups in total. The molecule has 0 unspecified atom stereocenters. The minimum Gasteiger partial charge on any atom is -0.411 e. The molecule has 7 heavy (non-hydrogen) atoms. The van der Waals surface area contributed by atoms with E-state index in [4.69, 9.17) is 10.3 Å². The van der Waals surface area contributed by atoms with Crippen LogP contribution < -0.4 is 0 Å². The Balaban J connectivity index is 2.69. The van der Waals surface area contributed by atoms with Gasteiger partial charge in [-0.1, -0.05) is 0 Å². The van der Waals surface area contributed by atoms with Gasteiger partial charge in [0.15, 0.2) is 0 Å². The number of hydrogen-bond donors (Lipinski definition) is 2. The van der Waals surface area contributed by atoms with Crippen LogP contribution in [0.2, 0.25) is 0 Å². The van der Waals surface area contributed by atoms with Crippen LogP contribution in [0.5, 0.6) is 0 Å². The van der Waals surface area contributed by atoms with Gasteiger partial charge < -0.3 is 10.3 Å². The molecular formula is C4H9NO2. The van der Waals surface area contributed by atoms with Crippen molar-refractivity contribution in [3.05, 3.63) is 0 Å². The fourth-order valence-corrected chi connectivity index (χ4v) is 0.240. The lowest BCUT2D eigenvalue weighted by Crippen LogP contribution is -1.81. The minimum absolute atomic E-state index is 0.159. The number of nitrogens with zero attached hydrogens (tertiary/aromatic N) is 1. The lowest BCUT2D eigenvalue weighted by Gasteiger charge is -1.82.